The van der Waals surface area contributed by atoms with Crippen molar-refractivity contribution < 1.29 is 4.79 Å². The Hall–Kier alpha value is -1.35. The predicted octanol–water partition coefficient (Wildman–Crippen LogP) is 3.25. The molecule has 1 aromatic rings. The smallest absolute Gasteiger partial charge is 0.223 e. The van der Waals surface area contributed by atoms with Crippen LogP contribution >= 0.6 is 0 Å². The lowest BCUT2D eigenvalue weighted by Gasteiger charge is -2.41. The minimum atomic E-state index is 0.316. The molecule has 1 heterocycles. The second-order valence-corrected chi connectivity index (χ2v) is 8.15. The van der Waals surface area contributed by atoms with Gasteiger partial charge in [-0.05, 0) is 49.5 Å². The van der Waals surface area contributed by atoms with E-state index in [4.69, 9.17) is 0 Å². The zero-order valence-electron chi connectivity index (χ0n) is 14.6. The monoisotopic (exact) mass is 326 g/mol. The van der Waals surface area contributed by atoms with Crippen LogP contribution in [0.5, 0.6) is 0 Å². The Morgan fingerprint density at radius 2 is 1.88 bits per heavy atom. The van der Waals surface area contributed by atoms with Gasteiger partial charge in [0.25, 0.3) is 0 Å². The van der Waals surface area contributed by atoms with Crippen molar-refractivity contribution in [2.24, 2.45) is 17.8 Å². The highest BCUT2D eigenvalue weighted by atomic mass is 16.2. The van der Waals surface area contributed by atoms with E-state index in [-0.39, 0.29) is 0 Å². The molecule has 0 aromatic heterocycles. The molecule has 4 aliphatic rings. The Morgan fingerprint density at radius 3 is 2.58 bits per heavy atom. The summed E-state index contributed by atoms with van der Waals surface area (Å²) in [6.45, 7) is 3.25. The van der Waals surface area contributed by atoms with Crippen LogP contribution in [0.25, 0.3) is 0 Å². The van der Waals surface area contributed by atoms with Gasteiger partial charge in [-0.1, -0.05) is 43.2 Å². The lowest BCUT2D eigenvalue weighted by Crippen LogP contribution is -2.46. The first-order valence-corrected chi connectivity index (χ1v) is 9.84. The molecule has 1 N–H and O–H groups in total. The van der Waals surface area contributed by atoms with E-state index in [1.807, 2.05) is 0 Å². The van der Waals surface area contributed by atoms with Crippen molar-refractivity contribution in [3.05, 3.63) is 35.9 Å². The van der Waals surface area contributed by atoms with Crippen LogP contribution < -0.4 is 5.32 Å². The van der Waals surface area contributed by atoms with Crippen LogP contribution in [-0.4, -0.2) is 36.5 Å². The Kier molecular flexibility index (Phi) is 4.88. The SMILES string of the molecule is O=C(N[C@H]1CCN(CCc2ccccc2)C1)C1CC2CCC1CC2. The molecule has 4 fully saturated rings. The first kappa shape index (κ1) is 16.1. The molecule has 0 radical (unpaired) electrons. The van der Waals surface area contributed by atoms with Gasteiger partial charge in [-0.15, -0.1) is 0 Å². The summed E-state index contributed by atoms with van der Waals surface area (Å²) in [6.07, 6.45) is 8.68. The molecule has 24 heavy (non-hydrogen) atoms. The minimum absolute atomic E-state index is 0.316. The summed E-state index contributed by atoms with van der Waals surface area (Å²) in [6, 6.07) is 11.1. The highest BCUT2D eigenvalue weighted by molar-refractivity contribution is 5.79. The number of likely N-dealkylation sites (tertiary alicyclic amines) is 1. The molecule has 2 atom stereocenters. The number of rotatable bonds is 5. The summed E-state index contributed by atoms with van der Waals surface area (Å²) < 4.78 is 0. The molecule has 3 heteroatoms. The Morgan fingerprint density at radius 1 is 1.08 bits per heavy atom. The Balaban J connectivity index is 1.23. The largest absolute Gasteiger partial charge is 0.352 e. The number of hydrogen-bond donors (Lipinski definition) is 1. The summed E-state index contributed by atoms with van der Waals surface area (Å²) in [5.74, 6) is 2.18. The van der Waals surface area contributed by atoms with E-state index in [9.17, 15) is 4.79 Å². The topological polar surface area (TPSA) is 32.3 Å². The van der Waals surface area contributed by atoms with E-state index in [2.05, 4.69) is 40.5 Å². The zero-order chi connectivity index (χ0) is 16.4. The van der Waals surface area contributed by atoms with Gasteiger partial charge in [0, 0.05) is 31.6 Å². The second kappa shape index (κ2) is 7.26. The van der Waals surface area contributed by atoms with Crippen LogP contribution in [0.15, 0.2) is 30.3 Å². The van der Waals surface area contributed by atoms with Crippen LogP contribution in [0.3, 0.4) is 0 Å². The second-order valence-electron chi connectivity index (χ2n) is 8.15. The van der Waals surface area contributed by atoms with E-state index >= 15 is 0 Å². The summed E-state index contributed by atoms with van der Waals surface area (Å²) in [5.41, 5.74) is 1.41. The number of benzene rings is 1. The van der Waals surface area contributed by atoms with Gasteiger partial charge in [-0.3, -0.25) is 4.79 Å². The summed E-state index contributed by atoms with van der Waals surface area (Å²) >= 11 is 0. The van der Waals surface area contributed by atoms with E-state index in [1.165, 1.54) is 31.2 Å². The highest BCUT2D eigenvalue weighted by Crippen LogP contribution is 2.45. The molecule has 130 valence electrons. The van der Waals surface area contributed by atoms with Crippen LogP contribution in [-0.2, 0) is 11.2 Å². The quantitative estimate of drug-likeness (QED) is 0.901. The minimum Gasteiger partial charge on any atom is -0.352 e. The molecular formula is C21H30N2O. The maximum atomic E-state index is 12.7. The van der Waals surface area contributed by atoms with Gasteiger partial charge >= 0.3 is 0 Å². The van der Waals surface area contributed by atoms with Gasteiger partial charge in [-0.25, -0.2) is 0 Å². The van der Waals surface area contributed by atoms with Crippen LogP contribution in [0, 0.1) is 17.8 Å². The number of hydrogen-bond acceptors (Lipinski definition) is 2. The summed E-state index contributed by atoms with van der Waals surface area (Å²) in [4.78, 5) is 15.2. The first-order valence-electron chi connectivity index (χ1n) is 9.84. The van der Waals surface area contributed by atoms with Crippen molar-refractivity contribution in [3.63, 3.8) is 0 Å². The molecule has 1 amide bonds. The number of nitrogens with zero attached hydrogens (tertiary/aromatic N) is 1. The number of carbonyl (C=O) groups is 1. The fraction of sp³-hybridized carbons (Fsp3) is 0.667. The van der Waals surface area contributed by atoms with E-state index in [1.54, 1.807) is 0 Å². The average Bonchev–Trinajstić information content (AvgIpc) is 3.09. The third-order valence-corrected chi connectivity index (χ3v) is 6.56. The van der Waals surface area contributed by atoms with Crippen LogP contribution in [0.2, 0.25) is 0 Å². The third kappa shape index (κ3) is 3.66. The van der Waals surface area contributed by atoms with Crippen molar-refractivity contribution >= 4 is 5.91 Å². The molecule has 3 nitrogen and oxygen atoms in total. The molecule has 1 aliphatic heterocycles. The van der Waals surface area contributed by atoms with Crippen molar-refractivity contribution in [3.8, 4) is 0 Å². The van der Waals surface area contributed by atoms with Gasteiger partial charge in [0.2, 0.25) is 5.91 Å². The number of nitrogens with one attached hydrogen (secondary N) is 1. The maximum absolute atomic E-state index is 12.7. The van der Waals surface area contributed by atoms with Crippen LogP contribution in [0.4, 0.5) is 0 Å². The number of amides is 1. The van der Waals surface area contributed by atoms with Gasteiger partial charge in [0.05, 0.1) is 0 Å². The van der Waals surface area contributed by atoms with Crippen molar-refractivity contribution in [1.29, 1.82) is 0 Å². The van der Waals surface area contributed by atoms with Crippen molar-refractivity contribution in [2.75, 3.05) is 19.6 Å². The van der Waals surface area contributed by atoms with Crippen molar-refractivity contribution in [1.82, 2.24) is 10.2 Å². The normalized spacial score (nSPS) is 32.8. The molecule has 3 saturated carbocycles. The average molecular weight is 326 g/mol. The fourth-order valence-corrected chi connectivity index (χ4v) is 5.09. The Bertz CT molecular complexity index is 550. The third-order valence-electron chi connectivity index (χ3n) is 6.56. The van der Waals surface area contributed by atoms with Gasteiger partial charge < -0.3 is 10.2 Å². The molecule has 1 unspecified atom stereocenters. The van der Waals surface area contributed by atoms with Gasteiger partial charge in [0.1, 0.15) is 0 Å². The molecule has 5 rings (SSSR count). The van der Waals surface area contributed by atoms with E-state index in [0.717, 1.165) is 44.8 Å². The fourth-order valence-electron chi connectivity index (χ4n) is 5.09. The summed E-state index contributed by atoms with van der Waals surface area (Å²) in [7, 11) is 0. The lowest BCUT2D eigenvalue weighted by molar-refractivity contribution is -0.130. The standard InChI is InChI=1S/C21H30N2O/c24-21(20-14-17-6-8-18(20)9-7-17)22-19-11-13-23(15-19)12-10-16-4-2-1-3-5-16/h1-5,17-20H,6-15H2,(H,22,24)/t17?,18?,19-,20?/m0/s1. The summed E-state index contributed by atoms with van der Waals surface area (Å²) in [5, 5.41) is 3.38. The Labute approximate surface area is 145 Å². The zero-order valence-corrected chi connectivity index (χ0v) is 14.6. The molecule has 1 saturated heterocycles. The van der Waals surface area contributed by atoms with Gasteiger partial charge in [-0.2, -0.15) is 0 Å². The molecular weight excluding hydrogens is 296 g/mol. The first-order chi connectivity index (χ1) is 11.8. The predicted molar refractivity (Wildman–Crippen MR) is 96.7 cm³/mol. The molecule has 2 bridgehead atoms. The van der Waals surface area contributed by atoms with E-state index < -0.39 is 0 Å². The molecule has 0 spiro atoms. The lowest BCUT2D eigenvalue weighted by atomic mass is 9.64. The van der Waals surface area contributed by atoms with Crippen LogP contribution in [0.1, 0.15) is 44.1 Å². The number of carbonyl (C=O) groups excluding carboxylic acids is 1. The molecule has 3 aliphatic carbocycles. The van der Waals surface area contributed by atoms with Crippen molar-refractivity contribution in [2.45, 2.75) is 51.0 Å². The maximum Gasteiger partial charge on any atom is 0.223 e. The molecule has 1 aromatic carbocycles. The van der Waals surface area contributed by atoms with E-state index in [0.29, 0.717) is 23.8 Å². The highest BCUT2D eigenvalue weighted by Gasteiger charge is 2.40. The number of fused-ring (bicyclic) bond motifs is 3. The van der Waals surface area contributed by atoms with Gasteiger partial charge in [0.15, 0.2) is 0 Å².